The number of imide groups is 1. The van der Waals surface area contributed by atoms with Crippen LogP contribution in [0.5, 0.6) is 0 Å². The van der Waals surface area contributed by atoms with Crippen molar-refractivity contribution in [2.75, 3.05) is 32.8 Å². The van der Waals surface area contributed by atoms with E-state index in [2.05, 4.69) is 16.0 Å². The van der Waals surface area contributed by atoms with Gasteiger partial charge < -0.3 is 20.7 Å². The summed E-state index contributed by atoms with van der Waals surface area (Å²) in [6.07, 6.45) is 5.00. The highest BCUT2D eigenvalue weighted by molar-refractivity contribution is 6.04. The zero-order valence-electron chi connectivity index (χ0n) is 24.0. The molecule has 2 aliphatic heterocycles. The van der Waals surface area contributed by atoms with E-state index in [0.29, 0.717) is 13.0 Å². The molecule has 3 amide bonds. The Morgan fingerprint density at radius 1 is 1.05 bits per heavy atom. The highest BCUT2D eigenvalue weighted by Gasteiger charge is 2.42. The maximum atomic E-state index is 13.8. The molecule has 0 radical (unpaired) electrons. The second-order valence-corrected chi connectivity index (χ2v) is 11.8. The van der Waals surface area contributed by atoms with Gasteiger partial charge in [0, 0.05) is 31.5 Å². The quantitative estimate of drug-likeness (QED) is 0.356. The molecule has 4 rings (SSSR count). The number of nitrogens with one attached hydrogen (secondary N) is 3. The molecule has 2 fully saturated rings. The fourth-order valence-corrected chi connectivity index (χ4v) is 5.32. The minimum Gasteiger partial charge on any atom is -0.377 e. The lowest BCUT2D eigenvalue weighted by atomic mass is 9.91. The number of carbonyl (C=O) groups is 3. The molecule has 0 aromatic heterocycles. The van der Waals surface area contributed by atoms with E-state index in [4.69, 9.17) is 4.74 Å². The van der Waals surface area contributed by atoms with E-state index in [9.17, 15) is 14.4 Å². The molecule has 2 heterocycles. The van der Waals surface area contributed by atoms with Gasteiger partial charge in [-0.2, -0.15) is 0 Å². The van der Waals surface area contributed by atoms with Gasteiger partial charge in [-0.25, -0.2) is 0 Å². The van der Waals surface area contributed by atoms with E-state index >= 15 is 0 Å². The number of ether oxygens (including phenoxy) is 1. The molecule has 3 atom stereocenters. The number of benzene rings is 2. The summed E-state index contributed by atoms with van der Waals surface area (Å²) in [5.74, 6) is -0.946. The summed E-state index contributed by atoms with van der Waals surface area (Å²) in [5.41, 5.74) is 0.0913. The van der Waals surface area contributed by atoms with E-state index in [0.717, 1.165) is 68.3 Å². The monoisotopic (exact) mass is 572 g/mol. The van der Waals surface area contributed by atoms with Gasteiger partial charge in [-0.15, -0.1) is 12.4 Å². The minimum absolute atomic E-state index is 0. The van der Waals surface area contributed by atoms with Gasteiger partial charge in [0.1, 0.15) is 6.04 Å². The topological polar surface area (TPSA) is 99.8 Å². The molecule has 2 saturated heterocycles. The van der Waals surface area contributed by atoms with Gasteiger partial charge in [0.15, 0.2) is 0 Å². The Kier molecular flexibility index (Phi) is 11.9. The summed E-state index contributed by atoms with van der Waals surface area (Å²) in [6, 6.07) is 12.7. The maximum Gasteiger partial charge on any atom is 0.247 e. The molecule has 2 aromatic carbocycles. The van der Waals surface area contributed by atoms with Crippen LogP contribution >= 0.6 is 12.4 Å². The lowest BCUT2D eigenvalue weighted by Crippen LogP contribution is -2.59. The predicted octanol–water partition coefficient (Wildman–Crippen LogP) is 3.60. The SMILES string of the molecule is CC(C)(C)C(=O)N(C(=O)[C@@H]1CCCN1)[C@H](Cc1ccc2ccccc2c1)C(=O)NCCCNCC1CCCO1.Cl. The second kappa shape index (κ2) is 14.9. The smallest absolute Gasteiger partial charge is 0.247 e. The number of nitrogens with zero attached hydrogens (tertiary/aromatic N) is 1. The Morgan fingerprint density at radius 2 is 1.82 bits per heavy atom. The van der Waals surface area contributed by atoms with Crippen molar-refractivity contribution in [3.63, 3.8) is 0 Å². The Bertz CT molecular complexity index is 1140. The number of fused-ring (bicyclic) bond motifs is 1. The van der Waals surface area contributed by atoms with Crippen LogP contribution in [0.2, 0.25) is 0 Å². The zero-order valence-corrected chi connectivity index (χ0v) is 24.9. The number of halogens is 1. The van der Waals surface area contributed by atoms with Gasteiger partial charge in [0.25, 0.3) is 0 Å². The van der Waals surface area contributed by atoms with Gasteiger partial charge in [-0.05, 0) is 61.5 Å². The Balaban J connectivity index is 0.00000441. The normalized spacial score (nSPS) is 19.7. The Labute approximate surface area is 244 Å². The number of hydrogen-bond acceptors (Lipinski definition) is 6. The molecule has 40 heavy (non-hydrogen) atoms. The van der Waals surface area contributed by atoms with Crippen molar-refractivity contribution < 1.29 is 19.1 Å². The third-order valence-corrected chi connectivity index (χ3v) is 7.54. The lowest BCUT2D eigenvalue weighted by Gasteiger charge is -2.35. The van der Waals surface area contributed by atoms with Gasteiger partial charge in [-0.3, -0.25) is 19.3 Å². The average Bonchev–Trinajstić information content (AvgIpc) is 3.64. The summed E-state index contributed by atoms with van der Waals surface area (Å²) in [7, 11) is 0. The fourth-order valence-electron chi connectivity index (χ4n) is 5.32. The number of hydrogen-bond donors (Lipinski definition) is 3. The van der Waals surface area contributed by atoms with Crippen molar-refractivity contribution in [1.82, 2.24) is 20.9 Å². The molecule has 2 aliphatic rings. The summed E-state index contributed by atoms with van der Waals surface area (Å²) in [4.78, 5) is 42.5. The van der Waals surface area contributed by atoms with Gasteiger partial charge in [-0.1, -0.05) is 63.2 Å². The highest BCUT2D eigenvalue weighted by Crippen LogP contribution is 2.25. The summed E-state index contributed by atoms with van der Waals surface area (Å²) < 4.78 is 5.65. The number of carbonyl (C=O) groups excluding carboxylic acids is 3. The molecule has 3 N–H and O–H groups in total. The summed E-state index contributed by atoms with van der Waals surface area (Å²) >= 11 is 0. The highest BCUT2D eigenvalue weighted by atomic mass is 35.5. The third kappa shape index (κ3) is 8.49. The van der Waals surface area contributed by atoms with E-state index in [1.54, 1.807) is 20.8 Å². The van der Waals surface area contributed by atoms with Crippen molar-refractivity contribution in [2.24, 2.45) is 5.41 Å². The summed E-state index contributed by atoms with van der Waals surface area (Å²) in [6.45, 7) is 8.97. The summed E-state index contributed by atoms with van der Waals surface area (Å²) in [5, 5.41) is 11.8. The first-order valence-corrected chi connectivity index (χ1v) is 14.4. The first-order chi connectivity index (χ1) is 18.7. The van der Waals surface area contributed by atoms with E-state index in [-0.39, 0.29) is 42.7 Å². The Morgan fingerprint density at radius 3 is 2.50 bits per heavy atom. The lowest BCUT2D eigenvalue weighted by molar-refractivity contribution is -0.157. The van der Waals surface area contributed by atoms with Crippen molar-refractivity contribution >= 4 is 40.9 Å². The van der Waals surface area contributed by atoms with Crippen LogP contribution in [0.1, 0.15) is 58.4 Å². The molecule has 2 aromatic rings. The van der Waals surface area contributed by atoms with Gasteiger partial charge in [0.2, 0.25) is 17.7 Å². The molecular formula is C31H45ClN4O4. The molecular weight excluding hydrogens is 528 g/mol. The largest absolute Gasteiger partial charge is 0.377 e. The molecule has 0 bridgehead atoms. The van der Waals surface area contributed by atoms with E-state index < -0.39 is 17.5 Å². The van der Waals surface area contributed by atoms with Crippen LogP contribution in [-0.2, 0) is 25.5 Å². The van der Waals surface area contributed by atoms with Crippen molar-refractivity contribution in [2.45, 2.75) is 77.5 Å². The number of rotatable bonds is 11. The molecule has 220 valence electrons. The fraction of sp³-hybridized carbons (Fsp3) is 0.581. The zero-order chi connectivity index (χ0) is 27.8. The van der Waals surface area contributed by atoms with E-state index in [1.807, 2.05) is 42.5 Å². The van der Waals surface area contributed by atoms with Crippen molar-refractivity contribution in [3.05, 3.63) is 48.0 Å². The van der Waals surface area contributed by atoms with Gasteiger partial charge in [0.05, 0.1) is 12.1 Å². The van der Waals surface area contributed by atoms with Crippen LogP contribution in [0, 0.1) is 5.41 Å². The molecule has 0 spiro atoms. The van der Waals surface area contributed by atoms with Crippen LogP contribution in [0.25, 0.3) is 10.8 Å². The molecule has 8 nitrogen and oxygen atoms in total. The van der Waals surface area contributed by atoms with Crippen LogP contribution in [0.15, 0.2) is 42.5 Å². The van der Waals surface area contributed by atoms with Gasteiger partial charge >= 0.3 is 0 Å². The molecule has 9 heteroatoms. The van der Waals surface area contributed by atoms with Crippen LogP contribution < -0.4 is 16.0 Å². The third-order valence-electron chi connectivity index (χ3n) is 7.54. The van der Waals surface area contributed by atoms with Crippen LogP contribution in [-0.4, -0.2) is 73.6 Å². The van der Waals surface area contributed by atoms with Crippen LogP contribution in [0.3, 0.4) is 0 Å². The second-order valence-electron chi connectivity index (χ2n) is 11.8. The minimum atomic E-state index is -0.937. The van der Waals surface area contributed by atoms with Crippen LogP contribution in [0.4, 0.5) is 0 Å². The van der Waals surface area contributed by atoms with Crippen molar-refractivity contribution in [3.8, 4) is 0 Å². The van der Waals surface area contributed by atoms with Crippen molar-refractivity contribution in [1.29, 1.82) is 0 Å². The standard InChI is InChI=1S/C31H44N4O4.ClH/c1-31(2,3)30(38)35(29(37)26-12-6-16-33-26)27(20-22-13-14-23-9-4-5-10-24(23)19-22)28(36)34-17-8-15-32-21-25-11-7-18-39-25;/h4-5,9-10,13-14,19,25-27,32-33H,6-8,11-12,15-18,20-21H2,1-3H3,(H,34,36);1H/t25?,26-,27+;/m0./s1. The predicted molar refractivity (Wildman–Crippen MR) is 160 cm³/mol. The first kappa shape index (κ1) is 32.0. The average molecular weight is 573 g/mol. The Hall–Kier alpha value is -2.52. The molecule has 1 unspecified atom stereocenters. The first-order valence-electron chi connectivity index (χ1n) is 14.4. The molecule has 0 aliphatic carbocycles. The van der Waals surface area contributed by atoms with E-state index in [1.165, 1.54) is 4.90 Å². The maximum absolute atomic E-state index is 13.8. The number of amides is 3. The molecule has 0 saturated carbocycles.